The number of hydrogen-bond donors (Lipinski definition) is 2. The molecule has 3 aromatic heterocycles. The molecule has 0 fully saturated rings. The summed E-state index contributed by atoms with van der Waals surface area (Å²) in [5.74, 6) is 1.71. The van der Waals surface area contributed by atoms with E-state index in [0.717, 1.165) is 57.5 Å². The molecule has 3 heterocycles. The van der Waals surface area contributed by atoms with Gasteiger partial charge in [-0.3, -0.25) is 4.68 Å². The van der Waals surface area contributed by atoms with Gasteiger partial charge in [0.05, 0.1) is 16.7 Å². The van der Waals surface area contributed by atoms with Gasteiger partial charge in [0.25, 0.3) is 0 Å². The average Bonchev–Trinajstić information content (AvgIpc) is 3.22. The van der Waals surface area contributed by atoms with Crippen LogP contribution in [0.2, 0.25) is 0 Å². The Morgan fingerprint density at radius 1 is 0.972 bits per heavy atom. The first-order valence-corrected chi connectivity index (χ1v) is 12.1. The second-order valence-electron chi connectivity index (χ2n) is 9.01. The number of nitrogens with one attached hydrogen (secondary N) is 2. The number of ether oxygens (including phenoxy) is 1. The molecule has 0 spiro atoms. The number of aromatic nitrogens is 6. The standard InChI is InChI=1S/C27H30N8O/c1-17(2)25-21-14-18(6-9-23(21)34-35(25)3)22-10-12-29-27(33-22)32-19-7-8-20-24(15-19)30-16-31-26(20)28-11-5-13-36-4/h6-10,12,14-17H,5,11,13H2,1-4H3,(H,28,30,31)(H,29,32,33). The van der Waals surface area contributed by atoms with Gasteiger partial charge in [-0.1, -0.05) is 19.9 Å². The number of nitrogens with zero attached hydrogens (tertiary/aromatic N) is 6. The zero-order chi connectivity index (χ0) is 25.1. The van der Waals surface area contributed by atoms with Crippen LogP contribution < -0.4 is 10.6 Å². The minimum Gasteiger partial charge on any atom is -0.385 e. The average molecular weight is 483 g/mol. The summed E-state index contributed by atoms with van der Waals surface area (Å²) in [6, 6.07) is 14.2. The van der Waals surface area contributed by atoms with Crippen molar-refractivity contribution in [2.24, 2.45) is 7.05 Å². The second-order valence-corrected chi connectivity index (χ2v) is 9.01. The Labute approximate surface area is 210 Å². The van der Waals surface area contributed by atoms with Crippen molar-refractivity contribution < 1.29 is 4.74 Å². The lowest BCUT2D eigenvalue weighted by Crippen LogP contribution is -2.06. The molecule has 0 saturated heterocycles. The highest BCUT2D eigenvalue weighted by molar-refractivity contribution is 5.91. The zero-order valence-corrected chi connectivity index (χ0v) is 21.0. The molecular formula is C27H30N8O. The monoisotopic (exact) mass is 482 g/mol. The SMILES string of the molecule is COCCCNc1ncnc2cc(Nc3nccc(-c4ccc5nn(C)c(C(C)C)c5c4)n3)ccc12. The molecule has 9 nitrogen and oxygen atoms in total. The lowest BCUT2D eigenvalue weighted by molar-refractivity contribution is 0.198. The maximum Gasteiger partial charge on any atom is 0.227 e. The van der Waals surface area contributed by atoms with E-state index >= 15 is 0 Å². The van der Waals surface area contributed by atoms with Crippen molar-refractivity contribution in [2.45, 2.75) is 26.2 Å². The normalized spacial score (nSPS) is 11.5. The molecule has 5 rings (SSSR count). The molecule has 0 bridgehead atoms. The third-order valence-corrected chi connectivity index (χ3v) is 6.09. The van der Waals surface area contributed by atoms with Gasteiger partial charge in [-0.25, -0.2) is 19.9 Å². The lowest BCUT2D eigenvalue weighted by Gasteiger charge is -2.10. The van der Waals surface area contributed by atoms with Gasteiger partial charge < -0.3 is 15.4 Å². The molecule has 0 unspecified atom stereocenters. The van der Waals surface area contributed by atoms with Crippen LogP contribution in [0.1, 0.15) is 31.9 Å². The summed E-state index contributed by atoms with van der Waals surface area (Å²) in [4.78, 5) is 18.0. The molecular weight excluding hydrogens is 452 g/mol. The molecule has 0 aliphatic rings. The Bertz CT molecular complexity index is 1510. The fourth-order valence-corrected chi connectivity index (χ4v) is 4.47. The van der Waals surface area contributed by atoms with Gasteiger partial charge in [0.1, 0.15) is 12.1 Å². The fourth-order valence-electron chi connectivity index (χ4n) is 4.47. The van der Waals surface area contributed by atoms with Gasteiger partial charge in [0, 0.05) is 61.2 Å². The van der Waals surface area contributed by atoms with Crippen molar-refractivity contribution >= 4 is 39.3 Å². The van der Waals surface area contributed by atoms with Crippen LogP contribution in [-0.4, -0.2) is 50.0 Å². The Balaban J connectivity index is 1.39. The topological polar surface area (TPSA) is 103 Å². The molecule has 0 radical (unpaired) electrons. The van der Waals surface area contributed by atoms with E-state index in [1.54, 1.807) is 19.6 Å². The summed E-state index contributed by atoms with van der Waals surface area (Å²) in [5, 5.41) is 13.4. The Hall–Kier alpha value is -4.11. The van der Waals surface area contributed by atoms with E-state index in [9.17, 15) is 0 Å². The van der Waals surface area contributed by atoms with Crippen LogP contribution in [0.3, 0.4) is 0 Å². The quantitative estimate of drug-likeness (QED) is 0.273. The summed E-state index contributed by atoms with van der Waals surface area (Å²) >= 11 is 0. The van der Waals surface area contributed by atoms with Crippen molar-refractivity contribution in [3.63, 3.8) is 0 Å². The van der Waals surface area contributed by atoms with Crippen molar-refractivity contribution in [2.75, 3.05) is 30.9 Å². The molecule has 9 heteroatoms. The number of rotatable bonds is 9. The van der Waals surface area contributed by atoms with E-state index in [2.05, 4.69) is 62.7 Å². The Kier molecular flexibility index (Phi) is 6.73. The maximum atomic E-state index is 5.11. The van der Waals surface area contributed by atoms with E-state index < -0.39 is 0 Å². The molecule has 0 saturated carbocycles. The molecule has 0 aliphatic heterocycles. The van der Waals surface area contributed by atoms with E-state index in [1.165, 1.54) is 5.69 Å². The predicted molar refractivity (Wildman–Crippen MR) is 144 cm³/mol. The number of aryl methyl sites for hydroxylation is 1. The molecule has 2 N–H and O–H groups in total. The van der Waals surface area contributed by atoms with Crippen LogP contribution in [-0.2, 0) is 11.8 Å². The van der Waals surface area contributed by atoms with Crippen LogP contribution >= 0.6 is 0 Å². The summed E-state index contributed by atoms with van der Waals surface area (Å²) in [6.45, 7) is 5.86. The lowest BCUT2D eigenvalue weighted by atomic mass is 10.0. The van der Waals surface area contributed by atoms with E-state index in [4.69, 9.17) is 9.72 Å². The van der Waals surface area contributed by atoms with Crippen LogP contribution in [0.5, 0.6) is 0 Å². The summed E-state index contributed by atoms with van der Waals surface area (Å²) in [5.41, 5.74) is 5.77. The molecule has 0 aliphatic carbocycles. The van der Waals surface area contributed by atoms with Crippen molar-refractivity contribution in [1.29, 1.82) is 0 Å². The minimum atomic E-state index is 0.371. The summed E-state index contributed by atoms with van der Waals surface area (Å²) < 4.78 is 7.08. The summed E-state index contributed by atoms with van der Waals surface area (Å²) in [7, 11) is 3.70. The molecule has 2 aromatic carbocycles. The number of fused-ring (bicyclic) bond motifs is 2. The van der Waals surface area contributed by atoms with Gasteiger partial charge in [-0.05, 0) is 48.7 Å². The number of benzene rings is 2. The molecule has 5 aromatic rings. The first-order valence-electron chi connectivity index (χ1n) is 12.1. The highest BCUT2D eigenvalue weighted by Gasteiger charge is 2.14. The maximum absolute atomic E-state index is 5.11. The van der Waals surface area contributed by atoms with Crippen LogP contribution in [0.25, 0.3) is 33.1 Å². The molecule has 0 atom stereocenters. The minimum absolute atomic E-state index is 0.371. The van der Waals surface area contributed by atoms with Gasteiger partial charge in [-0.15, -0.1) is 0 Å². The molecule has 0 amide bonds. The third-order valence-electron chi connectivity index (χ3n) is 6.09. The highest BCUT2D eigenvalue weighted by atomic mass is 16.5. The predicted octanol–water partition coefficient (Wildman–Crippen LogP) is 5.29. The van der Waals surface area contributed by atoms with Crippen LogP contribution in [0.15, 0.2) is 55.0 Å². The van der Waals surface area contributed by atoms with Gasteiger partial charge >= 0.3 is 0 Å². The van der Waals surface area contributed by atoms with E-state index in [-0.39, 0.29) is 0 Å². The fraction of sp³-hybridized carbons (Fsp3) is 0.296. The first-order chi connectivity index (χ1) is 17.5. The number of hydrogen-bond acceptors (Lipinski definition) is 8. The Morgan fingerprint density at radius 2 is 1.86 bits per heavy atom. The van der Waals surface area contributed by atoms with Gasteiger partial charge in [0.2, 0.25) is 5.95 Å². The van der Waals surface area contributed by atoms with Gasteiger partial charge in [0.15, 0.2) is 0 Å². The Morgan fingerprint density at radius 3 is 2.69 bits per heavy atom. The smallest absolute Gasteiger partial charge is 0.227 e. The molecule has 36 heavy (non-hydrogen) atoms. The number of anilines is 3. The number of methoxy groups -OCH3 is 1. The van der Waals surface area contributed by atoms with Crippen LogP contribution in [0.4, 0.5) is 17.5 Å². The zero-order valence-electron chi connectivity index (χ0n) is 21.0. The van der Waals surface area contributed by atoms with Crippen molar-refractivity contribution in [1.82, 2.24) is 29.7 Å². The summed E-state index contributed by atoms with van der Waals surface area (Å²) in [6.07, 6.45) is 4.25. The van der Waals surface area contributed by atoms with Crippen molar-refractivity contribution in [3.8, 4) is 11.3 Å². The van der Waals surface area contributed by atoms with Crippen LogP contribution in [0, 0.1) is 0 Å². The van der Waals surface area contributed by atoms with Crippen molar-refractivity contribution in [3.05, 3.63) is 60.7 Å². The highest BCUT2D eigenvalue weighted by Crippen LogP contribution is 2.30. The first kappa shape index (κ1) is 23.6. The molecule has 184 valence electrons. The van der Waals surface area contributed by atoms with E-state index in [0.29, 0.717) is 18.5 Å². The van der Waals surface area contributed by atoms with Gasteiger partial charge in [-0.2, -0.15) is 5.10 Å². The van der Waals surface area contributed by atoms with E-state index in [1.807, 2.05) is 36.0 Å². The largest absolute Gasteiger partial charge is 0.385 e. The third kappa shape index (κ3) is 4.83. The second kappa shape index (κ2) is 10.2.